The van der Waals surface area contributed by atoms with Gasteiger partial charge in [0.2, 0.25) is 5.78 Å². The van der Waals surface area contributed by atoms with E-state index in [-0.39, 0.29) is 17.9 Å². The number of carbonyl (C=O) groups is 1. The predicted octanol–water partition coefficient (Wildman–Crippen LogP) is 3.69. The predicted molar refractivity (Wildman–Crippen MR) is 151 cm³/mol. The number of hydrogen-bond donors (Lipinski definition) is 3. The minimum atomic E-state index is -0.248. The summed E-state index contributed by atoms with van der Waals surface area (Å²) in [5, 5.41) is 18.3. The highest BCUT2D eigenvalue weighted by atomic mass is 16.5. The van der Waals surface area contributed by atoms with Crippen molar-refractivity contribution in [1.29, 1.82) is 0 Å². The third-order valence-electron chi connectivity index (χ3n) is 8.38. The van der Waals surface area contributed by atoms with Gasteiger partial charge < -0.3 is 29.9 Å². The lowest BCUT2D eigenvalue weighted by molar-refractivity contribution is -0.112. The molecule has 0 spiro atoms. The monoisotopic (exact) mass is 540 g/mol. The number of aliphatic hydroxyl groups excluding tert-OH is 1. The molecule has 0 radical (unpaired) electrons. The number of nitrogens with zero attached hydrogens (tertiary/aromatic N) is 4. The number of aromatic nitrogens is 3. The van der Waals surface area contributed by atoms with Crippen molar-refractivity contribution >= 4 is 23.0 Å². The fourth-order valence-corrected chi connectivity index (χ4v) is 6.40. The lowest BCUT2D eigenvalue weighted by Gasteiger charge is -2.35. The van der Waals surface area contributed by atoms with Crippen LogP contribution in [0.15, 0.2) is 58.3 Å². The average molecular weight is 541 g/mol. The van der Waals surface area contributed by atoms with Crippen LogP contribution in [0.4, 0.5) is 17.2 Å². The van der Waals surface area contributed by atoms with Crippen molar-refractivity contribution in [3.63, 3.8) is 0 Å². The molecule has 10 nitrogen and oxygen atoms in total. The Morgan fingerprint density at radius 3 is 2.83 bits per heavy atom. The van der Waals surface area contributed by atoms with Gasteiger partial charge in [0.15, 0.2) is 5.82 Å². The van der Waals surface area contributed by atoms with E-state index in [9.17, 15) is 14.7 Å². The molecule has 7 rings (SSSR count). The number of hydrogen-bond acceptors (Lipinski definition) is 8. The summed E-state index contributed by atoms with van der Waals surface area (Å²) in [5.41, 5.74) is 7.91. The van der Waals surface area contributed by atoms with Crippen molar-refractivity contribution in [3.8, 4) is 11.1 Å². The van der Waals surface area contributed by atoms with E-state index in [0.717, 1.165) is 71.6 Å². The van der Waals surface area contributed by atoms with Gasteiger partial charge in [0, 0.05) is 59.1 Å². The fourth-order valence-electron chi connectivity index (χ4n) is 6.40. The van der Waals surface area contributed by atoms with Crippen molar-refractivity contribution in [1.82, 2.24) is 19.7 Å². The molecular formula is C30H32N6O4. The van der Waals surface area contributed by atoms with Crippen LogP contribution in [0, 0.1) is 6.92 Å². The van der Waals surface area contributed by atoms with Crippen LogP contribution in [0.3, 0.4) is 0 Å². The van der Waals surface area contributed by atoms with Gasteiger partial charge in [-0.1, -0.05) is 12.1 Å². The zero-order valence-electron chi connectivity index (χ0n) is 22.5. The van der Waals surface area contributed by atoms with E-state index in [4.69, 9.17) is 4.74 Å². The number of rotatable bonds is 5. The Labute approximate surface area is 231 Å². The van der Waals surface area contributed by atoms with Gasteiger partial charge in [-0.25, -0.2) is 0 Å². The summed E-state index contributed by atoms with van der Waals surface area (Å²) in [7, 11) is 0. The molecule has 40 heavy (non-hydrogen) atoms. The quantitative estimate of drug-likeness (QED) is 0.449. The number of nitrogens with one attached hydrogen (secondary N) is 2. The Morgan fingerprint density at radius 2 is 1.98 bits per heavy atom. The Balaban J connectivity index is 1.24. The molecule has 0 fully saturated rings. The van der Waals surface area contributed by atoms with Gasteiger partial charge in [0.25, 0.3) is 5.56 Å². The second kappa shape index (κ2) is 9.79. The number of benzene rings is 1. The number of H-pyrrole nitrogens is 1. The van der Waals surface area contributed by atoms with Gasteiger partial charge in [-0.15, -0.1) is 0 Å². The van der Waals surface area contributed by atoms with Crippen LogP contribution in [0.2, 0.25) is 0 Å². The number of allylic oxidation sites excluding steroid dienone is 2. The molecule has 3 aromatic rings. The van der Waals surface area contributed by atoms with Crippen LogP contribution in [-0.4, -0.2) is 50.3 Å². The molecule has 1 aliphatic carbocycles. The highest BCUT2D eigenvalue weighted by Gasteiger charge is 2.38. The smallest absolute Gasteiger partial charge is 0.271 e. The molecular weight excluding hydrogens is 508 g/mol. The second-order valence-corrected chi connectivity index (χ2v) is 10.8. The highest BCUT2D eigenvalue weighted by Crippen LogP contribution is 2.41. The van der Waals surface area contributed by atoms with Gasteiger partial charge in [0.1, 0.15) is 11.4 Å². The van der Waals surface area contributed by atoms with E-state index < -0.39 is 0 Å². The number of carbonyl (C=O) groups excluding carboxylic acids is 1. The van der Waals surface area contributed by atoms with E-state index in [1.54, 1.807) is 0 Å². The van der Waals surface area contributed by atoms with Crippen molar-refractivity contribution < 1.29 is 14.6 Å². The molecule has 0 unspecified atom stereocenters. The molecule has 10 heteroatoms. The fraction of sp³-hybridized carbons (Fsp3) is 0.367. The number of Topliss-reactive ketones (excluding diaryl/α,β-unsaturated/α-hetero) is 1. The number of ketones is 1. The molecule has 0 amide bonds. The van der Waals surface area contributed by atoms with Crippen LogP contribution >= 0.6 is 0 Å². The number of aliphatic hydroxyl groups is 1. The zero-order chi connectivity index (χ0) is 27.4. The number of fused-ring (bicyclic) bond motifs is 3. The van der Waals surface area contributed by atoms with Crippen molar-refractivity contribution in [2.24, 2.45) is 0 Å². The Kier molecular flexibility index (Phi) is 6.09. The zero-order valence-corrected chi connectivity index (χ0v) is 22.5. The minimum Gasteiger partial charge on any atom is -0.392 e. The molecule has 0 bridgehead atoms. The molecule has 0 atom stereocenters. The van der Waals surface area contributed by atoms with E-state index in [1.165, 1.54) is 5.70 Å². The third-order valence-corrected chi connectivity index (χ3v) is 8.38. The number of pyridine rings is 1. The molecule has 3 aliphatic heterocycles. The van der Waals surface area contributed by atoms with Crippen LogP contribution in [-0.2, 0) is 29.3 Å². The maximum absolute atomic E-state index is 13.2. The summed E-state index contributed by atoms with van der Waals surface area (Å²) in [4.78, 5) is 33.4. The summed E-state index contributed by atoms with van der Waals surface area (Å²) in [6, 6.07) is 9.59. The first kappa shape index (κ1) is 24.9. The summed E-state index contributed by atoms with van der Waals surface area (Å²) in [6.07, 6.45) is 5.96. The van der Waals surface area contributed by atoms with Crippen LogP contribution < -0.4 is 15.8 Å². The lowest BCUT2D eigenvalue weighted by Crippen LogP contribution is -2.37. The van der Waals surface area contributed by atoms with Gasteiger partial charge in [-0.3, -0.25) is 14.3 Å². The average Bonchev–Trinajstić information content (AvgIpc) is 3.52. The van der Waals surface area contributed by atoms with Crippen molar-refractivity contribution in [3.05, 3.63) is 80.8 Å². The summed E-state index contributed by atoms with van der Waals surface area (Å²) < 4.78 is 7.39. The maximum atomic E-state index is 13.2. The van der Waals surface area contributed by atoms with Crippen LogP contribution in [0.5, 0.6) is 0 Å². The number of ether oxygens (including phenoxy) is 1. The molecule has 1 aromatic carbocycles. The third kappa shape index (κ3) is 4.06. The molecule has 4 aliphatic rings. The van der Waals surface area contributed by atoms with E-state index in [1.807, 2.05) is 48.1 Å². The lowest BCUT2D eigenvalue weighted by atomic mass is 9.95. The largest absolute Gasteiger partial charge is 0.392 e. The van der Waals surface area contributed by atoms with Crippen LogP contribution in [0.1, 0.15) is 42.6 Å². The van der Waals surface area contributed by atoms with Gasteiger partial charge in [-0.2, -0.15) is 5.10 Å². The van der Waals surface area contributed by atoms with Crippen LogP contribution in [0.25, 0.3) is 11.1 Å². The molecule has 5 heterocycles. The highest BCUT2D eigenvalue weighted by molar-refractivity contribution is 6.11. The number of aryl methyl sites for hydroxylation is 1. The van der Waals surface area contributed by atoms with E-state index in [2.05, 4.69) is 25.2 Å². The second-order valence-electron chi connectivity index (χ2n) is 10.8. The summed E-state index contributed by atoms with van der Waals surface area (Å²) in [5.74, 6) is 0.722. The molecule has 3 N–H and O–H groups in total. The molecule has 0 saturated carbocycles. The first-order valence-corrected chi connectivity index (χ1v) is 13.9. The minimum absolute atomic E-state index is 0.140. The van der Waals surface area contributed by atoms with Gasteiger partial charge >= 0.3 is 0 Å². The van der Waals surface area contributed by atoms with E-state index in [0.29, 0.717) is 43.5 Å². The maximum Gasteiger partial charge on any atom is 0.271 e. The first-order valence-electron chi connectivity index (χ1n) is 13.9. The Morgan fingerprint density at radius 1 is 1.10 bits per heavy atom. The van der Waals surface area contributed by atoms with E-state index >= 15 is 0 Å². The summed E-state index contributed by atoms with van der Waals surface area (Å²) >= 11 is 0. The topological polar surface area (TPSA) is 116 Å². The number of aromatic amines is 1. The molecule has 206 valence electrons. The molecule has 0 saturated heterocycles. The standard InChI is InChI=1S/C30H32N6O4/c1-18-22(14-24(30(39)31-18)32-28-13-19-17-40-12-11-36(19)33-28)20-6-4-8-25(23(20)16-37)34-9-10-35-26-7-3-2-5-21(26)29(38)27(35)15-34/h4,6,8,13-15,37H,2-3,5,7,9-12,16-17H2,1H3,(H,31,39)(H,32,33). The summed E-state index contributed by atoms with van der Waals surface area (Å²) in [6.45, 7) is 4.89. The van der Waals surface area contributed by atoms with Crippen molar-refractivity contribution in [2.45, 2.75) is 52.4 Å². The van der Waals surface area contributed by atoms with Crippen molar-refractivity contribution in [2.75, 3.05) is 29.9 Å². The molecule has 2 aromatic heterocycles. The van der Waals surface area contributed by atoms with Gasteiger partial charge in [0.05, 0.1) is 32.1 Å². The Hall–Kier alpha value is -4.15. The number of anilines is 3. The van der Waals surface area contributed by atoms with Gasteiger partial charge in [-0.05, 0) is 50.3 Å². The Bertz CT molecular complexity index is 1620. The normalized spacial score (nSPS) is 18.4. The first-order chi connectivity index (χ1) is 19.5. The SMILES string of the molecule is Cc1[nH]c(=O)c(Nc2cc3n(n2)CCOC3)cc1-c1cccc(N2C=C3C(=O)C4=C(CCCC4)N3CC2)c1CO.